The molecule has 0 aliphatic rings. The van der Waals surface area contributed by atoms with Crippen LogP contribution in [0.4, 0.5) is 0 Å². The van der Waals surface area contributed by atoms with E-state index in [9.17, 15) is 0 Å². The van der Waals surface area contributed by atoms with Crippen molar-refractivity contribution in [3.8, 4) is 0 Å². The first kappa shape index (κ1) is 28.2. The normalized spacial score (nSPS) is 17.2. The molecule has 0 rings (SSSR count). The lowest BCUT2D eigenvalue weighted by Crippen LogP contribution is -2.12. The van der Waals surface area contributed by atoms with Crippen LogP contribution in [0.3, 0.4) is 0 Å². The summed E-state index contributed by atoms with van der Waals surface area (Å²) >= 11 is 6.13. The SMILES string of the molecule is CCCCCCCOCOCCCC(C)CC(C)CC(C)CC(C)CC(C)Cl. The van der Waals surface area contributed by atoms with Gasteiger partial charge in [0.2, 0.25) is 0 Å². The summed E-state index contributed by atoms with van der Waals surface area (Å²) in [6.45, 7) is 16.1. The van der Waals surface area contributed by atoms with Gasteiger partial charge in [0.1, 0.15) is 6.79 Å². The summed E-state index contributed by atoms with van der Waals surface area (Å²) in [7, 11) is 0. The molecule has 3 heteroatoms. The fourth-order valence-electron chi connectivity index (χ4n) is 4.54. The van der Waals surface area contributed by atoms with Crippen LogP contribution < -0.4 is 0 Å². The average molecular weight is 419 g/mol. The van der Waals surface area contributed by atoms with Gasteiger partial charge in [-0.25, -0.2) is 0 Å². The lowest BCUT2D eigenvalue weighted by molar-refractivity contribution is -0.0561. The van der Waals surface area contributed by atoms with Crippen LogP contribution in [0.5, 0.6) is 0 Å². The minimum absolute atomic E-state index is 0.304. The van der Waals surface area contributed by atoms with Gasteiger partial charge in [-0.15, -0.1) is 11.6 Å². The Morgan fingerprint density at radius 2 is 1.11 bits per heavy atom. The monoisotopic (exact) mass is 418 g/mol. The van der Waals surface area contributed by atoms with Crippen molar-refractivity contribution in [1.82, 2.24) is 0 Å². The molecule has 0 radical (unpaired) electrons. The molecule has 170 valence electrons. The Morgan fingerprint density at radius 3 is 1.68 bits per heavy atom. The zero-order chi connectivity index (χ0) is 21.2. The van der Waals surface area contributed by atoms with E-state index in [0.29, 0.717) is 12.2 Å². The van der Waals surface area contributed by atoms with Gasteiger partial charge >= 0.3 is 0 Å². The maximum atomic E-state index is 6.13. The number of ether oxygens (including phenoxy) is 2. The second-order valence-corrected chi connectivity index (χ2v) is 10.4. The van der Waals surface area contributed by atoms with Gasteiger partial charge in [0, 0.05) is 18.6 Å². The summed E-state index contributed by atoms with van der Waals surface area (Å²) in [6, 6.07) is 0. The Balaban J connectivity index is 3.56. The summed E-state index contributed by atoms with van der Waals surface area (Å²) in [4.78, 5) is 0. The molecule has 0 amide bonds. The zero-order valence-electron chi connectivity index (χ0n) is 20.0. The van der Waals surface area contributed by atoms with E-state index in [1.807, 2.05) is 0 Å². The molecule has 0 bridgehead atoms. The third-order valence-corrected chi connectivity index (χ3v) is 5.86. The number of hydrogen-bond acceptors (Lipinski definition) is 2. The number of alkyl halides is 1. The van der Waals surface area contributed by atoms with Crippen molar-refractivity contribution >= 4 is 11.6 Å². The highest BCUT2D eigenvalue weighted by Gasteiger charge is 2.16. The molecule has 0 N–H and O–H groups in total. The van der Waals surface area contributed by atoms with Crippen molar-refractivity contribution < 1.29 is 9.47 Å². The van der Waals surface area contributed by atoms with Crippen LogP contribution in [-0.4, -0.2) is 25.4 Å². The highest BCUT2D eigenvalue weighted by atomic mass is 35.5. The maximum absolute atomic E-state index is 6.13. The second-order valence-electron chi connectivity index (χ2n) is 9.64. The van der Waals surface area contributed by atoms with Gasteiger partial charge in [0.05, 0.1) is 0 Å². The molecule has 0 saturated carbocycles. The van der Waals surface area contributed by atoms with E-state index in [4.69, 9.17) is 21.1 Å². The Bertz CT molecular complexity index is 322. The predicted molar refractivity (Wildman–Crippen MR) is 125 cm³/mol. The van der Waals surface area contributed by atoms with E-state index in [1.54, 1.807) is 0 Å². The van der Waals surface area contributed by atoms with E-state index in [0.717, 1.165) is 49.7 Å². The van der Waals surface area contributed by atoms with Crippen molar-refractivity contribution in [1.29, 1.82) is 0 Å². The van der Waals surface area contributed by atoms with Crippen molar-refractivity contribution in [3.63, 3.8) is 0 Å². The van der Waals surface area contributed by atoms with Gasteiger partial charge < -0.3 is 9.47 Å². The molecule has 0 aromatic heterocycles. The summed E-state index contributed by atoms with van der Waals surface area (Å²) < 4.78 is 11.2. The minimum atomic E-state index is 0.304. The van der Waals surface area contributed by atoms with Crippen molar-refractivity contribution in [2.24, 2.45) is 23.7 Å². The Kier molecular flexibility index (Phi) is 19.3. The lowest BCUT2D eigenvalue weighted by atomic mass is 9.84. The first-order valence-corrected chi connectivity index (χ1v) is 12.6. The third-order valence-electron chi connectivity index (χ3n) is 5.69. The third kappa shape index (κ3) is 19.5. The molecule has 0 aliphatic carbocycles. The van der Waals surface area contributed by atoms with Crippen LogP contribution >= 0.6 is 11.6 Å². The van der Waals surface area contributed by atoms with E-state index in [2.05, 4.69) is 41.5 Å². The summed E-state index contributed by atoms with van der Waals surface area (Å²) in [5.74, 6) is 3.13. The molecule has 0 aromatic rings. The lowest BCUT2D eigenvalue weighted by Gasteiger charge is -2.23. The van der Waals surface area contributed by atoms with E-state index in [1.165, 1.54) is 57.8 Å². The van der Waals surface area contributed by atoms with Gasteiger partial charge in [-0.3, -0.25) is 0 Å². The van der Waals surface area contributed by atoms with Crippen molar-refractivity contribution in [2.75, 3.05) is 20.0 Å². The second kappa shape index (κ2) is 19.2. The number of hydrogen-bond donors (Lipinski definition) is 0. The van der Waals surface area contributed by atoms with Crippen molar-refractivity contribution in [2.45, 2.75) is 118 Å². The average Bonchev–Trinajstić information content (AvgIpc) is 2.58. The summed E-state index contributed by atoms with van der Waals surface area (Å²) in [5, 5.41) is 0.304. The number of halogens is 1. The van der Waals surface area contributed by atoms with E-state index < -0.39 is 0 Å². The fourth-order valence-corrected chi connectivity index (χ4v) is 4.84. The van der Waals surface area contributed by atoms with Gasteiger partial charge in [0.15, 0.2) is 0 Å². The standard InChI is InChI=1S/C25H51ClO2/c1-7-8-9-10-11-14-27-20-28-15-12-13-21(2)16-22(3)17-23(4)18-24(5)19-25(6)26/h21-25H,7-20H2,1-6H3. The smallest absolute Gasteiger partial charge is 0.146 e. The van der Waals surface area contributed by atoms with Crippen LogP contribution in [0.15, 0.2) is 0 Å². The van der Waals surface area contributed by atoms with Gasteiger partial charge in [-0.1, -0.05) is 60.3 Å². The molecule has 0 aromatic carbocycles. The first-order chi connectivity index (χ1) is 13.3. The molecule has 5 unspecified atom stereocenters. The van der Waals surface area contributed by atoms with Crippen LogP contribution in [0, 0.1) is 23.7 Å². The van der Waals surface area contributed by atoms with Gasteiger partial charge in [-0.05, 0) is 75.5 Å². The molecule has 2 nitrogen and oxygen atoms in total. The quantitative estimate of drug-likeness (QED) is 0.112. The molecular weight excluding hydrogens is 368 g/mol. The first-order valence-electron chi connectivity index (χ1n) is 12.1. The zero-order valence-corrected chi connectivity index (χ0v) is 20.7. The maximum Gasteiger partial charge on any atom is 0.146 e. The van der Waals surface area contributed by atoms with E-state index >= 15 is 0 Å². The molecule has 28 heavy (non-hydrogen) atoms. The molecular formula is C25H51ClO2. The van der Waals surface area contributed by atoms with Crippen LogP contribution in [-0.2, 0) is 9.47 Å². The Morgan fingerprint density at radius 1 is 0.607 bits per heavy atom. The molecule has 5 atom stereocenters. The van der Waals surface area contributed by atoms with E-state index in [-0.39, 0.29) is 0 Å². The van der Waals surface area contributed by atoms with Gasteiger partial charge in [-0.2, -0.15) is 0 Å². The summed E-state index contributed by atoms with van der Waals surface area (Å²) in [5.41, 5.74) is 0. The minimum Gasteiger partial charge on any atom is -0.355 e. The molecule has 0 heterocycles. The molecule has 0 spiro atoms. The molecule has 0 aliphatic heterocycles. The highest BCUT2D eigenvalue weighted by molar-refractivity contribution is 6.20. The largest absolute Gasteiger partial charge is 0.355 e. The Hall–Kier alpha value is 0.210. The highest BCUT2D eigenvalue weighted by Crippen LogP contribution is 2.27. The number of rotatable bonds is 20. The topological polar surface area (TPSA) is 18.5 Å². The molecule has 0 saturated heterocycles. The number of unbranched alkanes of at least 4 members (excludes halogenated alkanes) is 4. The summed E-state index contributed by atoms with van der Waals surface area (Å²) in [6.07, 6.45) is 14.0. The predicted octanol–water partition coefficient (Wildman–Crippen LogP) is 8.46. The molecule has 0 fully saturated rings. The Labute approximate surface area is 182 Å². The fraction of sp³-hybridized carbons (Fsp3) is 1.00. The van der Waals surface area contributed by atoms with Gasteiger partial charge in [0.25, 0.3) is 0 Å². The van der Waals surface area contributed by atoms with Crippen LogP contribution in [0.25, 0.3) is 0 Å². The van der Waals surface area contributed by atoms with Crippen molar-refractivity contribution in [3.05, 3.63) is 0 Å². The van der Waals surface area contributed by atoms with Crippen LogP contribution in [0.2, 0.25) is 0 Å². The van der Waals surface area contributed by atoms with Crippen LogP contribution in [0.1, 0.15) is 112 Å².